The van der Waals surface area contributed by atoms with Gasteiger partial charge < -0.3 is 34.8 Å². The highest BCUT2D eigenvalue weighted by molar-refractivity contribution is 7.47. The van der Waals surface area contributed by atoms with Crippen LogP contribution in [0.1, 0.15) is 174 Å². The van der Waals surface area contributed by atoms with Crippen LogP contribution in [-0.4, -0.2) is 93.9 Å². The molecule has 0 aromatic carbocycles. The largest absolute Gasteiger partial charge is 0.472 e. The zero-order valence-electron chi connectivity index (χ0n) is 35.7. The Bertz CT molecular complexity index is 1180. The second kappa shape index (κ2) is 34.7. The zero-order chi connectivity index (χ0) is 42.9. The highest BCUT2D eigenvalue weighted by atomic mass is 31.2. The molecule has 0 heterocycles. The number of allylic oxidation sites excluding steroid dienone is 3. The first-order chi connectivity index (χ1) is 27.9. The molecular formula is C44H79O13P. The lowest BCUT2D eigenvalue weighted by Gasteiger charge is -2.20. The van der Waals surface area contributed by atoms with E-state index in [0.717, 1.165) is 38.5 Å². The highest BCUT2D eigenvalue weighted by Gasteiger charge is 2.39. The topological polar surface area (TPSA) is 206 Å². The normalized spacial score (nSPS) is 19.8. The predicted molar refractivity (Wildman–Crippen MR) is 225 cm³/mol. The minimum atomic E-state index is -4.68. The van der Waals surface area contributed by atoms with Crippen molar-refractivity contribution in [1.82, 2.24) is 0 Å². The van der Waals surface area contributed by atoms with E-state index in [0.29, 0.717) is 32.1 Å². The molecule has 0 aliphatic heterocycles. The number of hydrogen-bond acceptors (Lipinski definition) is 12. The van der Waals surface area contributed by atoms with Crippen LogP contribution in [-0.2, 0) is 37.5 Å². The van der Waals surface area contributed by atoms with Gasteiger partial charge in [-0.2, -0.15) is 0 Å². The molecule has 0 bridgehead atoms. The maximum atomic E-state index is 12.7. The van der Waals surface area contributed by atoms with E-state index in [1.54, 1.807) is 12.2 Å². The van der Waals surface area contributed by atoms with Gasteiger partial charge in [0, 0.05) is 31.1 Å². The van der Waals surface area contributed by atoms with E-state index >= 15 is 0 Å². The number of rotatable bonds is 38. The highest BCUT2D eigenvalue weighted by Crippen LogP contribution is 2.43. The molecule has 58 heavy (non-hydrogen) atoms. The van der Waals surface area contributed by atoms with Crippen LogP contribution in [0.5, 0.6) is 0 Å². The molecule has 0 saturated heterocycles. The lowest BCUT2D eigenvalue weighted by molar-refractivity contribution is -0.161. The third-order valence-electron chi connectivity index (χ3n) is 10.5. The van der Waals surface area contributed by atoms with E-state index in [2.05, 4.69) is 18.4 Å². The van der Waals surface area contributed by atoms with Crippen molar-refractivity contribution in [3.8, 4) is 0 Å². The number of phosphoric ester groups is 1. The van der Waals surface area contributed by atoms with Crippen LogP contribution in [0.25, 0.3) is 0 Å². The van der Waals surface area contributed by atoms with Crippen molar-refractivity contribution in [2.75, 3.05) is 26.4 Å². The van der Waals surface area contributed by atoms with E-state index in [-0.39, 0.29) is 31.0 Å². The summed E-state index contributed by atoms with van der Waals surface area (Å²) in [5, 5.41) is 39.1. The van der Waals surface area contributed by atoms with Crippen molar-refractivity contribution in [3.63, 3.8) is 0 Å². The van der Waals surface area contributed by atoms with Gasteiger partial charge in [-0.25, -0.2) is 4.57 Å². The molecule has 338 valence electrons. The van der Waals surface area contributed by atoms with Gasteiger partial charge in [-0.05, 0) is 32.1 Å². The van der Waals surface area contributed by atoms with Gasteiger partial charge in [0.25, 0.3) is 0 Å². The number of aliphatic hydroxyl groups excluding tert-OH is 4. The summed E-state index contributed by atoms with van der Waals surface area (Å²) in [6, 6.07) is 0. The molecule has 1 saturated carbocycles. The van der Waals surface area contributed by atoms with Crippen LogP contribution < -0.4 is 0 Å². The Morgan fingerprint density at radius 2 is 1.31 bits per heavy atom. The fraction of sp³-hybridized carbons (Fsp3) is 0.841. The van der Waals surface area contributed by atoms with Gasteiger partial charge >= 0.3 is 19.8 Å². The van der Waals surface area contributed by atoms with Crippen molar-refractivity contribution in [3.05, 3.63) is 24.3 Å². The number of aliphatic hydroxyl groups is 4. The quantitative estimate of drug-likeness (QED) is 0.0172. The second-order valence-electron chi connectivity index (χ2n) is 15.9. The number of ketones is 1. The van der Waals surface area contributed by atoms with E-state index in [1.165, 1.54) is 70.6 Å². The number of Topliss-reactive ketones (excluding diaryl/α,β-unsaturated/α-hetero) is 1. The molecule has 1 rings (SSSR count). The average molecular weight is 847 g/mol. The van der Waals surface area contributed by atoms with E-state index in [1.807, 2.05) is 12.2 Å². The molecule has 0 amide bonds. The molecule has 0 radical (unpaired) electrons. The molecule has 14 heteroatoms. The summed E-state index contributed by atoms with van der Waals surface area (Å²) in [5.41, 5.74) is 0. The molecule has 5 N–H and O–H groups in total. The summed E-state index contributed by atoms with van der Waals surface area (Å²) in [4.78, 5) is 47.7. The number of esters is 2. The van der Waals surface area contributed by atoms with Crippen LogP contribution in [0.15, 0.2) is 24.3 Å². The SMILES string of the molecule is CCCCCCCCCCCCCCCCCC(=O)O[C@H](COC(=O)CCC/C=C\C[C@H]1[C@@H](O)CC(=O)[C@@H]1/C=C/[C@@H](O)CCCCC)COP(=O)(O)OC[C@@H](O)CO. The summed E-state index contributed by atoms with van der Waals surface area (Å²) in [6.07, 6.45) is 26.5. The van der Waals surface area contributed by atoms with Crippen LogP contribution in [0.4, 0.5) is 0 Å². The van der Waals surface area contributed by atoms with Gasteiger partial charge in [0.05, 0.1) is 32.0 Å². The van der Waals surface area contributed by atoms with Crippen molar-refractivity contribution >= 4 is 25.5 Å². The summed E-state index contributed by atoms with van der Waals surface area (Å²) >= 11 is 0. The lowest BCUT2D eigenvalue weighted by Crippen LogP contribution is -2.29. The number of carbonyl (C=O) groups excluding carboxylic acids is 3. The van der Waals surface area contributed by atoms with Crippen molar-refractivity contribution in [2.45, 2.75) is 199 Å². The first-order valence-electron chi connectivity index (χ1n) is 22.4. The molecule has 0 aromatic heterocycles. The summed E-state index contributed by atoms with van der Waals surface area (Å²) in [7, 11) is -4.68. The van der Waals surface area contributed by atoms with Crippen molar-refractivity contribution in [2.24, 2.45) is 11.8 Å². The van der Waals surface area contributed by atoms with Gasteiger partial charge in [0.15, 0.2) is 6.10 Å². The number of unbranched alkanes of at least 4 members (excludes halogenated alkanes) is 17. The standard InChI is InChI=1S/C44H79O13P/c1-3-5-7-8-9-10-11-12-13-14-15-16-17-18-24-28-44(51)57-38(35-56-58(52,53)55-33-37(47)32-45)34-54-43(50)27-23-20-19-22-26-39-40(42(49)31-41(39)48)30-29-36(46)25-21-6-4-2/h19,22,29-30,36-41,45-48H,3-18,20-21,23-28,31-35H2,1-2H3,(H,52,53)/b22-19-,30-29+/t36-,37-,38+,39+,40+,41-/m0/s1. The lowest BCUT2D eigenvalue weighted by atomic mass is 9.90. The first kappa shape index (κ1) is 54.1. The Balaban J connectivity index is 2.46. The number of hydrogen-bond donors (Lipinski definition) is 5. The molecule has 1 unspecified atom stereocenters. The molecule has 0 aromatic rings. The van der Waals surface area contributed by atoms with Gasteiger partial charge in [0.2, 0.25) is 0 Å². The Morgan fingerprint density at radius 1 is 0.759 bits per heavy atom. The molecule has 1 aliphatic carbocycles. The minimum absolute atomic E-state index is 0.0418. The Morgan fingerprint density at radius 3 is 1.91 bits per heavy atom. The van der Waals surface area contributed by atoms with Crippen molar-refractivity contribution in [1.29, 1.82) is 0 Å². The van der Waals surface area contributed by atoms with E-state index in [9.17, 15) is 39.2 Å². The third kappa shape index (κ3) is 28.5. The average Bonchev–Trinajstić information content (AvgIpc) is 3.47. The molecular weight excluding hydrogens is 767 g/mol. The Labute approximate surface area is 349 Å². The summed E-state index contributed by atoms with van der Waals surface area (Å²) in [6.45, 7) is 1.98. The van der Waals surface area contributed by atoms with Crippen molar-refractivity contribution < 1.29 is 62.8 Å². The summed E-state index contributed by atoms with van der Waals surface area (Å²) < 4.78 is 32.7. The van der Waals surface area contributed by atoms with Crippen LogP contribution >= 0.6 is 7.82 Å². The first-order valence-corrected chi connectivity index (χ1v) is 23.9. The molecule has 0 spiro atoms. The van der Waals surface area contributed by atoms with E-state index < -0.39 is 76.5 Å². The van der Waals surface area contributed by atoms with Gasteiger partial charge in [-0.3, -0.25) is 23.4 Å². The third-order valence-corrected chi connectivity index (χ3v) is 11.4. The van der Waals surface area contributed by atoms with Gasteiger partial charge in [-0.15, -0.1) is 0 Å². The summed E-state index contributed by atoms with van der Waals surface area (Å²) in [5.74, 6) is -1.90. The molecule has 1 aliphatic rings. The molecule has 7 atom stereocenters. The van der Waals surface area contributed by atoms with Crippen LogP contribution in [0, 0.1) is 11.8 Å². The Hall–Kier alpha value is -1.96. The molecule has 1 fully saturated rings. The number of carbonyl (C=O) groups is 3. The number of phosphoric acid groups is 1. The second-order valence-corrected chi connectivity index (χ2v) is 17.3. The monoisotopic (exact) mass is 847 g/mol. The zero-order valence-corrected chi connectivity index (χ0v) is 36.6. The fourth-order valence-electron chi connectivity index (χ4n) is 6.92. The molecule has 13 nitrogen and oxygen atoms in total. The Kier molecular flexibility index (Phi) is 32.4. The minimum Gasteiger partial charge on any atom is -0.462 e. The van der Waals surface area contributed by atoms with E-state index in [4.69, 9.17) is 19.1 Å². The van der Waals surface area contributed by atoms with Gasteiger partial charge in [0.1, 0.15) is 18.5 Å². The van der Waals surface area contributed by atoms with Crippen LogP contribution in [0.2, 0.25) is 0 Å². The maximum absolute atomic E-state index is 12.7. The van der Waals surface area contributed by atoms with Crippen LogP contribution in [0.3, 0.4) is 0 Å². The predicted octanol–water partition coefficient (Wildman–Crippen LogP) is 8.37. The fourth-order valence-corrected chi connectivity index (χ4v) is 7.71. The smallest absolute Gasteiger partial charge is 0.462 e. The van der Waals surface area contributed by atoms with Gasteiger partial charge in [-0.1, -0.05) is 147 Å². The number of ether oxygens (including phenoxy) is 2. The maximum Gasteiger partial charge on any atom is 0.472 e.